The van der Waals surface area contributed by atoms with Crippen LogP contribution in [0, 0.1) is 5.82 Å². The van der Waals surface area contributed by atoms with E-state index in [4.69, 9.17) is 5.11 Å². The highest BCUT2D eigenvalue weighted by Gasteiger charge is 2.40. The highest BCUT2D eigenvalue weighted by atomic mass is 32.2. The molecule has 0 bridgehead atoms. The Hall–Kier alpha value is -1.43. The quantitative estimate of drug-likeness (QED) is 0.919. The van der Waals surface area contributed by atoms with Gasteiger partial charge in [0.2, 0.25) is 0 Å². The van der Waals surface area contributed by atoms with Gasteiger partial charge in [-0.15, -0.1) is 0 Å². The fourth-order valence-electron chi connectivity index (χ4n) is 2.60. The molecule has 4 nitrogen and oxygen atoms in total. The lowest BCUT2D eigenvalue weighted by Gasteiger charge is -2.36. The third-order valence-corrected chi connectivity index (χ3v) is 5.36. The van der Waals surface area contributed by atoms with E-state index in [9.17, 15) is 17.6 Å². The lowest BCUT2D eigenvalue weighted by molar-refractivity contribution is -0.138. The van der Waals surface area contributed by atoms with Crippen molar-refractivity contribution >= 4 is 15.8 Å². The summed E-state index contributed by atoms with van der Waals surface area (Å²) in [4.78, 5) is 11.0. The van der Waals surface area contributed by atoms with Crippen molar-refractivity contribution in [1.29, 1.82) is 0 Å². The molecule has 0 radical (unpaired) electrons. The molecule has 0 amide bonds. The van der Waals surface area contributed by atoms with Crippen LogP contribution in [0.15, 0.2) is 24.3 Å². The molecule has 1 saturated heterocycles. The van der Waals surface area contributed by atoms with Gasteiger partial charge in [-0.3, -0.25) is 4.79 Å². The first-order valence-corrected chi connectivity index (χ1v) is 7.83. The number of hydrogen-bond acceptors (Lipinski definition) is 3. The Morgan fingerprint density at radius 3 is 2.47 bits per heavy atom. The topological polar surface area (TPSA) is 71.4 Å². The summed E-state index contributed by atoms with van der Waals surface area (Å²) < 4.78 is 36.3. The number of benzene rings is 1. The van der Waals surface area contributed by atoms with E-state index in [0.717, 1.165) is 0 Å². The average Bonchev–Trinajstić information content (AvgIpc) is 2.32. The second-order valence-electron chi connectivity index (χ2n) is 5.01. The summed E-state index contributed by atoms with van der Waals surface area (Å²) in [6.07, 6.45) is 0.280. The van der Waals surface area contributed by atoms with Gasteiger partial charge in [-0.05, 0) is 30.5 Å². The third-order valence-electron chi connectivity index (χ3n) is 3.71. The molecule has 0 atom stereocenters. The lowest BCUT2D eigenvalue weighted by atomic mass is 9.73. The van der Waals surface area contributed by atoms with Gasteiger partial charge in [0.25, 0.3) is 0 Å². The van der Waals surface area contributed by atoms with Gasteiger partial charge in [0.1, 0.15) is 15.7 Å². The first-order chi connectivity index (χ1) is 8.83. The summed E-state index contributed by atoms with van der Waals surface area (Å²) in [5, 5.41) is 9.05. The van der Waals surface area contributed by atoms with E-state index in [2.05, 4.69) is 0 Å². The van der Waals surface area contributed by atoms with Crippen LogP contribution in [0.2, 0.25) is 0 Å². The molecule has 0 spiro atoms. The van der Waals surface area contributed by atoms with E-state index in [1.165, 1.54) is 18.2 Å². The predicted octanol–water partition coefficient (Wildman–Crippen LogP) is 1.75. The minimum absolute atomic E-state index is 0.0448. The number of carboxylic acids is 1. The molecular weight excluding hydrogens is 271 g/mol. The number of hydrogen-bond donors (Lipinski definition) is 1. The van der Waals surface area contributed by atoms with E-state index in [0.29, 0.717) is 5.56 Å². The Morgan fingerprint density at radius 1 is 1.32 bits per heavy atom. The average molecular weight is 286 g/mol. The van der Waals surface area contributed by atoms with Crippen LogP contribution in [0.25, 0.3) is 0 Å². The van der Waals surface area contributed by atoms with Crippen LogP contribution in [0.1, 0.15) is 24.8 Å². The molecule has 1 aliphatic rings. The SMILES string of the molecule is O=C(O)CC1(c2cccc(F)c2)CCS(=O)(=O)CC1. The van der Waals surface area contributed by atoms with E-state index in [-0.39, 0.29) is 30.8 Å². The molecule has 1 N–H and O–H groups in total. The fraction of sp³-hybridized carbons (Fsp3) is 0.462. The Morgan fingerprint density at radius 2 is 1.95 bits per heavy atom. The summed E-state index contributed by atoms with van der Waals surface area (Å²) >= 11 is 0. The van der Waals surface area contributed by atoms with Crippen molar-refractivity contribution in [2.75, 3.05) is 11.5 Å². The zero-order valence-corrected chi connectivity index (χ0v) is 11.1. The highest BCUT2D eigenvalue weighted by molar-refractivity contribution is 7.91. The van der Waals surface area contributed by atoms with E-state index >= 15 is 0 Å². The number of rotatable bonds is 3. The maximum atomic E-state index is 13.3. The Kier molecular flexibility index (Phi) is 3.62. The highest BCUT2D eigenvalue weighted by Crippen LogP contribution is 2.39. The molecule has 1 aromatic rings. The second kappa shape index (κ2) is 4.92. The molecule has 1 fully saturated rings. The van der Waals surface area contributed by atoms with Crippen molar-refractivity contribution in [3.8, 4) is 0 Å². The Labute approximate surface area is 111 Å². The van der Waals surface area contributed by atoms with E-state index < -0.39 is 27.0 Å². The van der Waals surface area contributed by atoms with Crippen molar-refractivity contribution in [1.82, 2.24) is 0 Å². The summed E-state index contributed by atoms with van der Waals surface area (Å²) in [7, 11) is -3.09. The van der Waals surface area contributed by atoms with Crippen molar-refractivity contribution < 1.29 is 22.7 Å². The zero-order valence-electron chi connectivity index (χ0n) is 10.3. The minimum atomic E-state index is -3.09. The number of aliphatic carboxylic acids is 1. The number of sulfone groups is 1. The summed E-state index contributed by atoms with van der Waals surface area (Å²) in [6, 6.07) is 5.79. The van der Waals surface area contributed by atoms with E-state index in [1.54, 1.807) is 6.07 Å². The minimum Gasteiger partial charge on any atom is -0.481 e. The van der Waals surface area contributed by atoms with Gasteiger partial charge in [0.05, 0.1) is 17.9 Å². The van der Waals surface area contributed by atoms with Gasteiger partial charge in [0, 0.05) is 5.41 Å². The van der Waals surface area contributed by atoms with Crippen LogP contribution < -0.4 is 0 Å². The molecule has 104 valence electrons. The second-order valence-corrected chi connectivity index (χ2v) is 7.32. The van der Waals surface area contributed by atoms with Gasteiger partial charge in [-0.2, -0.15) is 0 Å². The van der Waals surface area contributed by atoms with Crippen LogP contribution >= 0.6 is 0 Å². The number of carboxylic acid groups (broad SMARTS) is 1. The molecule has 1 heterocycles. The van der Waals surface area contributed by atoms with Crippen LogP contribution in [0.5, 0.6) is 0 Å². The van der Waals surface area contributed by atoms with Gasteiger partial charge < -0.3 is 5.11 Å². The molecule has 2 rings (SSSR count). The molecule has 0 unspecified atom stereocenters. The van der Waals surface area contributed by atoms with Gasteiger partial charge in [-0.1, -0.05) is 12.1 Å². The van der Waals surface area contributed by atoms with Gasteiger partial charge >= 0.3 is 5.97 Å². The predicted molar refractivity (Wildman–Crippen MR) is 68.2 cm³/mol. The van der Waals surface area contributed by atoms with Crippen LogP contribution in [-0.2, 0) is 20.0 Å². The smallest absolute Gasteiger partial charge is 0.304 e. The lowest BCUT2D eigenvalue weighted by Crippen LogP contribution is -2.39. The molecule has 0 saturated carbocycles. The zero-order chi connectivity index (χ0) is 14.1. The maximum Gasteiger partial charge on any atom is 0.304 e. The summed E-state index contributed by atoms with van der Waals surface area (Å²) in [6.45, 7) is 0. The van der Waals surface area contributed by atoms with Crippen LogP contribution in [0.4, 0.5) is 4.39 Å². The number of carbonyl (C=O) groups is 1. The first-order valence-electron chi connectivity index (χ1n) is 6.01. The van der Waals surface area contributed by atoms with Crippen LogP contribution in [-0.4, -0.2) is 31.0 Å². The van der Waals surface area contributed by atoms with Crippen LogP contribution in [0.3, 0.4) is 0 Å². The van der Waals surface area contributed by atoms with Gasteiger partial charge in [-0.25, -0.2) is 12.8 Å². The third kappa shape index (κ3) is 3.12. The molecule has 0 aliphatic carbocycles. The first kappa shape index (κ1) is 14.0. The summed E-state index contributed by atoms with van der Waals surface area (Å²) in [5.41, 5.74) is -0.205. The normalized spacial score (nSPS) is 20.9. The molecule has 19 heavy (non-hydrogen) atoms. The van der Waals surface area contributed by atoms with Crippen molar-refractivity contribution in [2.24, 2.45) is 0 Å². The molecule has 6 heteroatoms. The standard InChI is InChI=1S/C13H15FO4S/c14-11-3-1-2-10(8-11)13(9-12(15)16)4-6-19(17,18)7-5-13/h1-3,8H,4-7,9H2,(H,15,16). The number of halogens is 1. The Balaban J connectivity index is 2.39. The molecule has 1 aliphatic heterocycles. The fourth-order valence-corrected chi connectivity index (χ4v) is 4.21. The van der Waals surface area contributed by atoms with E-state index in [1.807, 2.05) is 0 Å². The monoisotopic (exact) mass is 286 g/mol. The van der Waals surface area contributed by atoms with Crippen molar-refractivity contribution in [3.63, 3.8) is 0 Å². The Bertz CT molecular complexity index is 580. The van der Waals surface area contributed by atoms with Crippen molar-refractivity contribution in [3.05, 3.63) is 35.6 Å². The van der Waals surface area contributed by atoms with Crippen molar-refractivity contribution in [2.45, 2.75) is 24.7 Å². The van der Waals surface area contributed by atoms with Gasteiger partial charge in [0.15, 0.2) is 0 Å². The molecule has 1 aromatic carbocycles. The maximum absolute atomic E-state index is 13.3. The molecular formula is C13H15FO4S. The summed E-state index contributed by atoms with van der Waals surface area (Å²) in [5.74, 6) is -1.52. The molecule has 0 aromatic heterocycles. The largest absolute Gasteiger partial charge is 0.481 e.